The van der Waals surface area contributed by atoms with Crippen LogP contribution >= 0.6 is 0 Å². The SMILES string of the molecule is CCCCCCCCCCCCOc1ccc(-c2ccc(OCCCCCCCCCO[C@H]3CC[C@@]4(C)C(=CC[C@H]5[C@@H]6CC[C@H]([C@H](C)CCCC(C)C)[C@@]6(C)CC[C@@H]54)C3)cc2)cc1. The van der Waals surface area contributed by atoms with Crippen LogP contribution in [0.1, 0.15) is 221 Å². The Morgan fingerprint density at radius 3 is 1.65 bits per heavy atom. The first kappa shape index (κ1) is 50.2. The number of unbranched alkanes of at least 4 members (excludes halogenated alkanes) is 15. The molecule has 0 saturated heterocycles. The van der Waals surface area contributed by atoms with E-state index in [0.717, 1.165) is 79.7 Å². The third-order valence-corrected chi connectivity index (χ3v) is 17.5. The first-order chi connectivity index (χ1) is 30.7. The zero-order valence-corrected chi connectivity index (χ0v) is 41.9. The van der Waals surface area contributed by atoms with E-state index in [-0.39, 0.29) is 0 Å². The van der Waals surface area contributed by atoms with Crippen molar-refractivity contribution in [1.29, 1.82) is 0 Å². The molecule has 8 atom stereocenters. The lowest BCUT2D eigenvalue weighted by Gasteiger charge is -2.58. The predicted octanol–water partition coefficient (Wildman–Crippen LogP) is 18.2. The topological polar surface area (TPSA) is 27.7 Å². The second kappa shape index (κ2) is 26.2. The van der Waals surface area contributed by atoms with Gasteiger partial charge in [-0.25, -0.2) is 0 Å². The minimum Gasteiger partial charge on any atom is -0.494 e. The van der Waals surface area contributed by atoms with E-state index in [0.29, 0.717) is 16.9 Å². The molecular formula is C60H96O3. The average Bonchev–Trinajstić information content (AvgIpc) is 3.65. The molecule has 3 nitrogen and oxygen atoms in total. The standard InChI is InChI=1S/C60H96O3/c1-7-8-9-10-11-12-13-15-18-21-43-61-52-32-27-49(28-33-52)50-29-34-53(35-30-50)62-44-22-19-16-14-17-20-23-45-63-54-39-41-59(5)51(46-54)31-36-55-57-38-37-56(48(4)26-24-25-47(2)3)60(57,6)42-40-58(55)59/h27-35,47-48,54-58H,7-26,36-46H2,1-6H3/t48-,54+,55+,56-,57+,58+,59+,60-/m1/s1. The smallest absolute Gasteiger partial charge is 0.119 e. The van der Waals surface area contributed by atoms with Crippen molar-refractivity contribution in [1.82, 2.24) is 0 Å². The van der Waals surface area contributed by atoms with Gasteiger partial charge in [-0.15, -0.1) is 0 Å². The maximum absolute atomic E-state index is 6.60. The molecule has 0 amide bonds. The molecule has 0 spiro atoms. The molecule has 0 radical (unpaired) electrons. The van der Waals surface area contributed by atoms with E-state index in [1.807, 2.05) is 0 Å². The fourth-order valence-corrected chi connectivity index (χ4v) is 13.6. The normalized spacial score (nSPS) is 27.1. The summed E-state index contributed by atoms with van der Waals surface area (Å²) in [6.07, 6.45) is 40.9. The number of ether oxygens (including phenoxy) is 3. The van der Waals surface area contributed by atoms with E-state index >= 15 is 0 Å². The lowest BCUT2D eigenvalue weighted by Crippen LogP contribution is -2.51. The lowest BCUT2D eigenvalue weighted by molar-refractivity contribution is -0.0641. The highest BCUT2D eigenvalue weighted by molar-refractivity contribution is 5.64. The van der Waals surface area contributed by atoms with Crippen molar-refractivity contribution in [3.05, 3.63) is 60.2 Å². The summed E-state index contributed by atoms with van der Waals surface area (Å²) >= 11 is 0. The van der Waals surface area contributed by atoms with Gasteiger partial charge in [0.15, 0.2) is 0 Å². The molecule has 354 valence electrons. The van der Waals surface area contributed by atoms with Crippen LogP contribution in [0.25, 0.3) is 11.1 Å². The summed E-state index contributed by atoms with van der Waals surface area (Å²) < 4.78 is 18.7. The van der Waals surface area contributed by atoms with E-state index in [9.17, 15) is 0 Å². The van der Waals surface area contributed by atoms with E-state index in [2.05, 4.69) is 96.1 Å². The number of hydrogen-bond donors (Lipinski definition) is 0. The largest absolute Gasteiger partial charge is 0.494 e. The molecular weight excluding hydrogens is 769 g/mol. The van der Waals surface area contributed by atoms with Gasteiger partial charge < -0.3 is 14.2 Å². The van der Waals surface area contributed by atoms with E-state index in [4.69, 9.17) is 14.2 Å². The first-order valence-electron chi connectivity index (χ1n) is 27.5. The Labute approximate surface area is 389 Å². The third-order valence-electron chi connectivity index (χ3n) is 17.5. The number of rotatable bonds is 30. The van der Waals surface area contributed by atoms with Crippen LogP contribution in [-0.4, -0.2) is 25.9 Å². The summed E-state index contributed by atoms with van der Waals surface area (Å²) in [5.74, 6) is 7.42. The summed E-state index contributed by atoms with van der Waals surface area (Å²) in [6, 6.07) is 17.2. The Bertz CT molecular complexity index is 1580. The number of hydrogen-bond acceptors (Lipinski definition) is 3. The van der Waals surface area contributed by atoms with Crippen LogP contribution in [0.3, 0.4) is 0 Å². The van der Waals surface area contributed by atoms with Crippen LogP contribution in [0, 0.1) is 46.3 Å². The number of benzene rings is 2. The molecule has 0 N–H and O–H groups in total. The molecule has 6 rings (SSSR count). The molecule has 3 fully saturated rings. The minimum absolute atomic E-state index is 0.427. The van der Waals surface area contributed by atoms with Gasteiger partial charge in [0.1, 0.15) is 11.5 Å². The molecule has 4 aliphatic rings. The second-order valence-electron chi connectivity index (χ2n) is 22.4. The maximum Gasteiger partial charge on any atom is 0.119 e. The minimum atomic E-state index is 0.427. The van der Waals surface area contributed by atoms with Crippen LogP contribution in [0.5, 0.6) is 11.5 Å². The molecule has 2 aromatic carbocycles. The average molecular weight is 865 g/mol. The Hall–Kier alpha value is -2.26. The predicted molar refractivity (Wildman–Crippen MR) is 270 cm³/mol. The Morgan fingerprint density at radius 2 is 1.10 bits per heavy atom. The summed E-state index contributed by atoms with van der Waals surface area (Å²) in [7, 11) is 0. The highest BCUT2D eigenvalue weighted by Crippen LogP contribution is 2.67. The Morgan fingerprint density at radius 1 is 0.556 bits per heavy atom. The summed E-state index contributed by atoms with van der Waals surface area (Å²) in [5.41, 5.74) is 5.23. The van der Waals surface area contributed by atoms with Gasteiger partial charge in [0, 0.05) is 6.61 Å². The molecule has 2 aromatic rings. The highest BCUT2D eigenvalue weighted by atomic mass is 16.5. The van der Waals surface area contributed by atoms with Gasteiger partial charge in [-0.3, -0.25) is 0 Å². The number of fused-ring (bicyclic) bond motifs is 5. The molecule has 4 aliphatic carbocycles. The molecule has 3 saturated carbocycles. The Kier molecular flexibility index (Phi) is 20.8. The van der Waals surface area contributed by atoms with Crippen LogP contribution in [0.4, 0.5) is 0 Å². The van der Waals surface area contributed by atoms with Gasteiger partial charge >= 0.3 is 0 Å². The molecule has 3 heteroatoms. The van der Waals surface area contributed by atoms with Gasteiger partial charge in [-0.05, 0) is 152 Å². The molecule has 0 aromatic heterocycles. The summed E-state index contributed by atoms with van der Waals surface area (Å²) in [6.45, 7) is 17.7. The highest BCUT2D eigenvalue weighted by Gasteiger charge is 2.59. The lowest BCUT2D eigenvalue weighted by atomic mass is 9.47. The third kappa shape index (κ3) is 14.6. The summed E-state index contributed by atoms with van der Waals surface area (Å²) in [4.78, 5) is 0. The number of allylic oxidation sites excluding steroid dienone is 1. The van der Waals surface area contributed by atoms with E-state index in [1.165, 1.54) is 178 Å². The van der Waals surface area contributed by atoms with Crippen LogP contribution in [0.2, 0.25) is 0 Å². The second-order valence-corrected chi connectivity index (χ2v) is 22.4. The fourth-order valence-electron chi connectivity index (χ4n) is 13.6. The quantitative estimate of drug-likeness (QED) is 0.0578. The molecule has 0 aliphatic heterocycles. The van der Waals surface area contributed by atoms with Crippen molar-refractivity contribution >= 4 is 0 Å². The fraction of sp³-hybridized carbons (Fsp3) is 0.767. The van der Waals surface area contributed by atoms with Crippen LogP contribution in [0.15, 0.2) is 60.2 Å². The molecule has 0 heterocycles. The molecule has 0 bridgehead atoms. The first-order valence-corrected chi connectivity index (χ1v) is 27.5. The maximum atomic E-state index is 6.60. The van der Waals surface area contributed by atoms with E-state index in [1.54, 1.807) is 5.57 Å². The van der Waals surface area contributed by atoms with Gasteiger partial charge in [0.25, 0.3) is 0 Å². The van der Waals surface area contributed by atoms with Crippen molar-refractivity contribution in [2.75, 3.05) is 19.8 Å². The van der Waals surface area contributed by atoms with Crippen LogP contribution in [-0.2, 0) is 4.74 Å². The Balaban J connectivity index is 0.769. The van der Waals surface area contributed by atoms with Crippen molar-refractivity contribution in [3.63, 3.8) is 0 Å². The van der Waals surface area contributed by atoms with Crippen molar-refractivity contribution in [2.24, 2.45) is 46.3 Å². The van der Waals surface area contributed by atoms with Gasteiger partial charge in [0.2, 0.25) is 0 Å². The van der Waals surface area contributed by atoms with Gasteiger partial charge in [0.05, 0.1) is 19.3 Å². The zero-order chi connectivity index (χ0) is 44.3. The van der Waals surface area contributed by atoms with E-state index < -0.39 is 0 Å². The van der Waals surface area contributed by atoms with Gasteiger partial charge in [-0.1, -0.05) is 187 Å². The monoisotopic (exact) mass is 865 g/mol. The molecule has 63 heavy (non-hydrogen) atoms. The van der Waals surface area contributed by atoms with Crippen LogP contribution < -0.4 is 9.47 Å². The molecule has 0 unspecified atom stereocenters. The van der Waals surface area contributed by atoms with Crippen molar-refractivity contribution in [2.45, 2.75) is 227 Å². The van der Waals surface area contributed by atoms with Crippen molar-refractivity contribution in [3.8, 4) is 22.6 Å². The van der Waals surface area contributed by atoms with Crippen molar-refractivity contribution < 1.29 is 14.2 Å². The summed E-state index contributed by atoms with van der Waals surface area (Å²) in [5, 5.41) is 0. The zero-order valence-electron chi connectivity index (χ0n) is 41.9. The van der Waals surface area contributed by atoms with Gasteiger partial charge in [-0.2, -0.15) is 0 Å².